The van der Waals surface area contributed by atoms with E-state index < -0.39 is 17.5 Å². The Kier molecular flexibility index (Phi) is 5.51. The first-order valence-corrected chi connectivity index (χ1v) is 7.01. The first-order valence-electron chi connectivity index (χ1n) is 6.25. The molecule has 0 radical (unpaired) electrons. The van der Waals surface area contributed by atoms with Crippen LogP contribution in [-0.4, -0.2) is 6.54 Å². The molecule has 0 unspecified atom stereocenters. The molecule has 21 heavy (non-hydrogen) atoms. The number of hydrogen-bond donors (Lipinski definition) is 1. The molecule has 0 aliphatic carbocycles. The highest BCUT2D eigenvalue weighted by Gasteiger charge is 2.09. The van der Waals surface area contributed by atoms with Crippen molar-refractivity contribution in [2.45, 2.75) is 13.0 Å². The molecule has 6 heteroatoms. The standard InChI is InChI=1S/C15H12Cl2F3N/c16-11-2-1-9(12(17)6-11)3-4-21-8-10-5-14(19)15(20)7-13(10)18/h1-2,5-7,21H,3-4,8H2. The molecule has 0 aliphatic heterocycles. The topological polar surface area (TPSA) is 12.0 Å². The van der Waals surface area contributed by atoms with Gasteiger partial charge in [-0.3, -0.25) is 0 Å². The van der Waals surface area contributed by atoms with Gasteiger partial charge in [-0.2, -0.15) is 0 Å². The molecule has 1 N–H and O–H groups in total. The third-order valence-electron chi connectivity index (χ3n) is 2.99. The first-order chi connectivity index (χ1) is 9.97. The second-order valence-electron chi connectivity index (χ2n) is 4.52. The van der Waals surface area contributed by atoms with Gasteiger partial charge in [0, 0.05) is 28.2 Å². The summed E-state index contributed by atoms with van der Waals surface area (Å²) < 4.78 is 39.2. The predicted molar refractivity (Wildman–Crippen MR) is 78.2 cm³/mol. The molecule has 0 atom stereocenters. The summed E-state index contributed by atoms with van der Waals surface area (Å²) in [5.74, 6) is -3.02. The molecule has 0 saturated carbocycles. The summed E-state index contributed by atoms with van der Waals surface area (Å²) in [5.41, 5.74) is 0.982. The third kappa shape index (κ3) is 4.37. The van der Waals surface area contributed by atoms with Gasteiger partial charge in [0.25, 0.3) is 0 Å². The van der Waals surface area contributed by atoms with Gasteiger partial charge in [-0.15, -0.1) is 0 Å². The SMILES string of the molecule is Fc1cc(F)c(CNCCc2ccc(Cl)cc2Cl)cc1F. The minimum Gasteiger partial charge on any atom is -0.312 e. The van der Waals surface area contributed by atoms with Gasteiger partial charge in [0.2, 0.25) is 0 Å². The summed E-state index contributed by atoms with van der Waals surface area (Å²) in [6, 6.07) is 6.59. The zero-order valence-corrected chi connectivity index (χ0v) is 12.4. The Morgan fingerprint density at radius 1 is 0.857 bits per heavy atom. The van der Waals surface area contributed by atoms with E-state index in [0.29, 0.717) is 29.1 Å². The van der Waals surface area contributed by atoms with Gasteiger partial charge < -0.3 is 5.32 Å². The number of nitrogens with one attached hydrogen (secondary N) is 1. The fourth-order valence-corrected chi connectivity index (χ4v) is 2.37. The van der Waals surface area contributed by atoms with Crippen molar-refractivity contribution in [3.63, 3.8) is 0 Å². The summed E-state index contributed by atoms with van der Waals surface area (Å²) in [5, 5.41) is 4.07. The lowest BCUT2D eigenvalue weighted by molar-refractivity contribution is 0.487. The summed E-state index contributed by atoms with van der Waals surface area (Å²) in [6.45, 7) is 0.619. The highest BCUT2D eigenvalue weighted by atomic mass is 35.5. The minimum atomic E-state index is -1.19. The van der Waals surface area contributed by atoms with Crippen LogP contribution in [-0.2, 0) is 13.0 Å². The Morgan fingerprint density at radius 3 is 2.29 bits per heavy atom. The van der Waals surface area contributed by atoms with Crippen molar-refractivity contribution in [2.24, 2.45) is 0 Å². The molecule has 0 bridgehead atoms. The van der Waals surface area contributed by atoms with Crippen LogP contribution in [0.15, 0.2) is 30.3 Å². The number of rotatable bonds is 5. The number of halogens is 5. The highest BCUT2D eigenvalue weighted by molar-refractivity contribution is 6.35. The average Bonchev–Trinajstić information content (AvgIpc) is 2.42. The molecule has 0 saturated heterocycles. The van der Waals surface area contributed by atoms with Crippen LogP contribution in [0.4, 0.5) is 13.2 Å². The van der Waals surface area contributed by atoms with Gasteiger partial charge in [-0.1, -0.05) is 29.3 Å². The summed E-state index contributed by atoms with van der Waals surface area (Å²) in [6.07, 6.45) is 0.612. The molecule has 112 valence electrons. The van der Waals surface area contributed by atoms with Crippen LogP contribution in [0.25, 0.3) is 0 Å². The molecule has 0 amide bonds. The van der Waals surface area contributed by atoms with Crippen molar-refractivity contribution in [1.29, 1.82) is 0 Å². The third-order valence-corrected chi connectivity index (χ3v) is 3.58. The van der Waals surface area contributed by atoms with E-state index in [9.17, 15) is 13.2 Å². The van der Waals surface area contributed by atoms with Crippen molar-refractivity contribution in [3.8, 4) is 0 Å². The Balaban J connectivity index is 1.89. The lowest BCUT2D eigenvalue weighted by Gasteiger charge is -2.08. The van der Waals surface area contributed by atoms with Crippen LogP contribution in [0.3, 0.4) is 0 Å². The Bertz CT molecular complexity index is 647. The lowest BCUT2D eigenvalue weighted by Crippen LogP contribution is -2.18. The molecular formula is C15H12Cl2F3N. The van der Waals surface area contributed by atoms with Crippen LogP contribution in [0.2, 0.25) is 10.0 Å². The molecule has 0 fully saturated rings. The van der Waals surface area contributed by atoms with Crippen molar-refractivity contribution < 1.29 is 13.2 Å². The van der Waals surface area contributed by atoms with Gasteiger partial charge in [0.05, 0.1) is 0 Å². The summed E-state index contributed by atoms with van der Waals surface area (Å²) in [4.78, 5) is 0. The van der Waals surface area contributed by atoms with Gasteiger partial charge in [0.1, 0.15) is 5.82 Å². The van der Waals surface area contributed by atoms with E-state index in [1.54, 1.807) is 12.1 Å². The van der Waals surface area contributed by atoms with Crippen molar-refractivity contribution >= 4 is 23.2 Å². The molecule has 0 spiro atoms. The lowest BCUT2D eigenvalue weighted by atomic mass is 10.1. The molecule has 1 nitrogen and oxygen atoms in total. The molecule has 2 aromatic carbocycles. The molecule has 0 aromatic heterocycles. The van der Waals surface area contributed by atoms with Gasteiger partial charge in [-0.25, -0.2) is 13.2 Å². The van der Waals surface area contributed by atoms with E-state index in [-0.39, 0.29) is 12.1 Å². The number of benzene rings is 2. The Labute approximate surface area is 130 Å². The maximum Gasteiger partial charge on any atom is 0.161 e. The first kappa shape index (κ1) is 16.1. The Morgan fingerprint density at radius 2 is 1.57 bits per heavy atom. The fraction of sp³-hybridized carbons (Fsp3) is 0.200. The van der Waals surface area contributed by atoms with E-state index in [2.05, 4.69) is 5.32 Å². The largest absolute Gasteiger partial charge is 0.312 e. The molecular weight excluding hydrogens is 322 g/mol. The van der Waals surface area contributed by atoms with Crippen LogP contribution in [0.5, 0.6) is 0 Å². The maximum atomic E-state index is 13.4. The fourth-order valence-electron chi connectivity index (χ4n) is 1.87. The summed E-state index contributed by atoms with van der Waals surface area (Å²) in [7, 11) is 0. The highest BCUT2D eigenvalue weighted by Crippen LogP contribution is 2.21. The van der Waals surface area contributed by atoms with Crippen LogP contribution < -0.4 is 5.32 Å². The van der Waals surface area contributed by atoms with Crippen LogP contribution >= 0.6 is 23.2 Å². The molecule has 0 aliphatic rings. The maximum absolute atomic E-state index is 13.4. The second kappa shape index (κ2) is 7.16. The smallest absolute Gasteiger partial charge is 0.161 e. The van der Waals surface area contributed by atoms with Crippen LogP contribution in [0, 0.1) is 17.5 Å². The van der Waals surface area contributed by atoms with Gasteiger partial charge >= 0.3 is 0 Å². The number of hydrogen-bond acceptors (Lipinski definition) is 1. The normalized spacial score (nSPS) is 10.9. The van der Waals surface area contributed by atoms with E-state index in [1.807, 2.05) is 6.07 Å². The molecule has 0 heterocycles. The predicted octanol–water partition coefficient (Wildman–Crippen LogP) is 4.74. The van der Waals surface area contributed by atoms with E-state index in [0.717, 1.165) is 11.6 Å². The van der Waals surface area contributed by atoms with Gasteiger partial charge in [0.15, 0.2) is 11.6 Å². The zero-order valence-electron chi connectivity index (χ0n) is 10.9. The minimum absolute atomic E-state index is 0.0797. The molecule has 2 aromatic rings. The zero-order chi connectivity index (χ0) is 15.4. The second-order valence-corrected chi connectivity index (χ2v) is 5.36. The van der Waals surface area contributed by atoms with Crippen molar-refractivity contribution in [2.75, 3.05) is 6.54 Å². The van der Waals surface area contributed by atoms with Gasteiger partial charge in [-0.05, 0) is 36.7 Å². The van der Waals surface area contributed by atoms with Crippen molar-refractivity contribution in [1.82, 2.24) is 5.32 Å². The van der Waals surface area contributed by atoms with Crippen molar-refractivity contribution in [3.05, 3.63) is 69.0 Å². The average molecular weight is 334 g/mol. The van der Waals surface area contributed by atoms with E-state index in [4.69, 9.17) is 23.2 Å². The summed E-state index contributed by atoms with van der Waals surface area (Å²) >= 11 is 11.8. The van der Waals surface area contributed by atoms with E-state index in [1.165, 1.54) is 0 Å². The van der Waals surface area contributed by atoms with Crippen LogP contribution in [0.1, 0.15) is 11.1 Å². The molecule has 2 rings (SSSR count). The Hall–Kier alpha value is -1.23. The monoisotopic (exact) mass is 333 g/mol. The quantitative estimate of drug-likeness (QED) is 0.615. The van der Waals surface area contributed by atoms with E-state index >= 15 is 0 Å².